The third-order valence-corrected chi connectivity index (χ3v) is 2.91. The summed E-state index contributed by atoms with van der Waals surface area (Å²) in [7, 11) is 0.527. The van der Waals surface area contributed by atoms with Crippen LogP contribution in [0, 0.1) is 0 Å². The van der Waals surface area contributed by atoms with E-state index in [4.69, 9.17) is 17.7 Å². The zero-order valence-electron chi connectivity index (χ0n) is 4.84. The van der Waals surface area contributed by atoms with E-state index < -0.39 is 9.05 Å². The van der Waals surface area contributed by atoms with Crippen molar-refractivity contribution in [2.75, 3.05) is 21.0 Å². The van der Waals surface area contributed by atoms with Crippen LogP contribution in [0.4, 0.5) is 0 Å². The van der Waals surface area contributed by atoms with Gasteiger partial charge in [0.25, 0.3) is 0 Å². The van der Waals surface area contributed by atoms with Gasteiger partial charge in [-0.15, -0.1) is 0 Å². The van der Waals surface area contributed by atoms with E-state index in [0.29, 0.717) is 6.79 Å². The summed E-state index contributed by atoms with van der Waals surface area (Å²) in [5.41, 5.74) is 0. The van der Waals surface area contributed by atoms with Gasteiger partial charge in [-0.1, -0.05) is 0 Å². The van der Waals surface area contributed by atoms with Crippen LogP contribution in [0.15, 0.2) is 0 Å². The van der Waals surface area contributed by atoms with Crippen LogP contribution in [0.1, 0.15) is 0 Å². The van der Waals surface area contributed by atoms with Crippen molar-refractivity contribution in [2.24, 2.45) is 0 Å². The van der Waals surface area contributed by atoms with Gasteiger partial charge in [0.1, 0.15) is 6.79 Å². The van der Waals surface area contributed by atoms with Gasteiger partial charge in [-0.3, -0.25) is 0 Å². The SMILES string of the molecule is CO[Si]1(OC)OCO1. The average molecular weight is 136 g/mol. The lowest BCUT2D eigenvalue weighted by Crippen LogP contribution is -2.56. The number of hydrogen-bond acceptors (Lipinski definition) is 4. The second-order valence-electron chi connectivity index (χ2n) is 1.31. The molecule has 1 heterocycles. The molecule has 0 aromatic rings. The number of hydrogen-bond donors (Lipinski definition) is 0. The van der Waals surface area contributed by atoms with Crippen molar-refractivity contribution >= 4 is 9.05 Å². The van der Waals surface area contributed by atoms with Crippen LogP contribution in [0.25, 0.3) is 0 Å². The molecule has 1 fully saturated rings. The summed E-state index contributed by atoms with van der Waals surface area (Å²) < 4.78 is 19.4. The van der Waals surface area contributed by atoms with Gasteiger partial charge in [-0.05, 0) is 0 Å². The smallest absolute Gasteiger partial charge is 0.354 e. The van der Waals surface area contributed by atoms with Gasteiger partial charge in [-0.25, -0.2) is 0 Å². The summed E-state index contributed by atoms with van der Waals surface area (Å²) in [6.45, 7) is 0.300. The van der Waals surface area contributed by atoms with Crippen molar-refractivity contribution < 1.29 is 17.7 Å². The summed E-state index contributed by atoms with van der Waals surface area (Å²) in [5, 5.41) is 0. The minimum atomic E-state index is -2.49. The van der Waals surface area contributed by atoms with Gasteiger partial charge < -0.3 is 17.7 Å². The summed E-state index contributed by atoms with van der Waals surface area (Å²) in [6, 6.07) is 0. The molecule has 8 heavy (non-hydrogen) atoms. The first kappa shape index (κ1) is 6.18. The monoisotopic (exact) mass is 136 g/mol. The second-order valence-corrected chi connectivity index (χ2v) is 3.71. The zero-order chi connectivity index (χ0) is 6.04. The lowest BCUT2D eigenvalue weighted by Gasteiger charge is -2.32. The van der Waals surface area contributed by atoms with Crippen molar-refractivity contribution in [1.29, 1.82) is 0 Å². The van der Waals surface area contributed by atoms with E-state index in [9.17, 15) is 0 Å². The normalized spacial score (nSPS) is 24.8. The van der Waals surface area contributed by atoms with Crippen LogP contribution in [-0.4, -0.2) is 30.1 Å². The fourth-order valence-corrected chi connectivity index (χ4v) is 1.42. The highest BCUT2D eigenvalue weighted by Crippen LogP contribution is 2.17. The van der Waals surface area contributed by atoms with Gasteiger partial charge >= 0.3 is 9.05 Å². The Morgan fingerprint density at radius 3 is 1.75 bits per heavy atom. The first-order valence-electron chi connectivity index (χ1n) is 2.21. The van der Waals surface area contributed by atoms with E-state index in [-0.39, 0.29) is 0 Å². The molecule has 0 aliphatic carbocycles. The molecule has 5 heteroatoms. The molecule has 0 aromatic heterocycles. The Morgan fingerprint density at radius 2 is 1.75 bits per heavy atom. The Hall–Kier alpha value is 0.0569. The fraction of sp³-hybridized carbons (Fsp3) is 1.00. The van der Waals surface area contributed by atoms with E-state index in [0.717, 1.165) is 0 Å². The topological polar surface area (TPSA) is 36.9 Å². The third-order valence-electron chi connectivity index (χ3n) is 0.971. The summed E-state index contributed by atoms with van der Waals surface area (Å²) in [4.78, 5) is 0. The molecule has 0 aromatic carbocycles. The Balaban J connectivity index is 2.33. The highest BCUT2D eigenvalue weighted by molar-refractivity contribution is 6.55. The van der Waals surface area contributed by atoms with Crippen molar-refractivity contribution in [3.63, 3.8) is 0 Å². The molecule has 0 unspecified atom stereocenters. The van der Waals surface area contributed by atoms with Crippen LogP contribution in [0.3, 0.4) is 0 Å². The van der Waals surface area contributed by atoms with Gasteiger partial charge in [0.15, 0.2) is 0 Å². The van der Waals surface area contributed by atoms with E-state index in [1.54, 1.807) is 0 Å². The van der Waals surface area contributed by atoms with Crippen molar-refractivity contribution in [3.8, 4) is 0 Å². The third kappa shape index (κ3) is 0.784. The molecule has 1 saturated heterocycles. The van der Waals surface area contributed by atoms with Gasteiger partial charge in [-0.2, -0.15) is 0 Å². The molecule has 0 bridgehead atoms. The highest BCUT2D eigenvalue weighted by Gasteiger charge is 2.51. The minimum absolute atomic E-state index is 0.300. The van der Waals surface area contributed by atoms with Crippen molar-refractivity contribution in [1.82, 2.24) is 0 Å². The predicted octanol–water partition coefficient (Wildman–Crippen LogP) is -0.281. The van der Waals surface area contributed by atoms with Crippen LogP contribution < -0.4 is 0 Å². The molecule has 0 saturated carbocycles. The molecular weight excluding hydrogens is 128 g/mol. The molecule has 0 atom stereocenters. The average Bonchev–Trinajstić information content (AvgIpc) is 1.67. The molecular formula is C3H8O4Si. The standard InChI is InChI=1S/C3H8O4Si/c1-4-8(5-2)6-3-7-8/h3H2,1-2H3. The fourth-order valence-electron chi connectivity index (χ4n) is 0.474. The lowest BCUT2D eigenvalue weighted by molar-refractivity contribution is -0.149. The van der Waals surface area contributed by atoms with Crippen LogP contribution in [0.2, 0.25) is 0 Å². The Kier molecular flexibility index (Phi) is 1.64. The minimum Gasteiger partial charge on any atom is -0.354 e. The maximum atomic E-state index is 4.89. The zero-order valence-corrected chi connectivity index (χ0v) is 5.84. The summed E-state index contributed by atoms with van der Waals surface area (Å²) in [6.07, 6.45) is 0. The van der Waals surface area contributed by atoms with Crippen molar-refractivity contribution in [2.45, 2.75) is 0 Å². The first-order valence-corrected chi connectivity index (χ1v) is 3.84. The quantitative estimate of drug-likeness (QED) is 0.489. The molecule has 0 N–H and O–H groups in total. The summed E-state index contributed by atoms with van der Waals surface area (Å²) in [5.74, 6) is 0. The highest BCUT2D eigenvalue weighted by atomic mass is 28.4. The van der Waals surface area contributed by atoms with E-state index in [2.05, 4.69) is 0 Å². The Bertz CT molecular complexity index is 67.8. The Morgan fingerprint density at radius 1 is 1.25 bits per heavy atom. The Labute approximate surface area is 48.8 Å². The molecule has 1 aliphatic rings. The van der Waals surface area contributed by atoms with Crippen LogP contribution in [-0.2, 0) is 17.7 Å². The predicted molar refractivity (Wildman–Crippen MR) is 26.8 cm³/mol. The van der Waals surface area contributed by atoms with E-state index in [1.807, 2.05) is 0 Å². The summed E-state index contributed by atoms with van der Waals surface area (Å²) >= 11 is 0. The molecule has 0 amide bonds. The van der Waals surface area contributed by atoms with E-state index in [1.165, 1.54) is 14.2 Å². The maximum absolute atomic E-state index is 4.89. The largest absolute Gasteiger partial charge is 0.682 e. The molecule has 4 nitrogen and oxygen atoms in total. The molecule has 1 aliphatic heterocycles. The first-order chi connectivity index (χ1) is 3.83. The lowest BCUT2D eigenvalue weighted by atomic mass is 11.5. The van der Waals surface area contributed by atoms with E-state index >= 15 is 0 Å². The molecule has 48 valence electrons. The maximum Gasteiger partial charge on any atom is 0.682 e. The van der Waals surface area contributed by atoms with Gasteiger partial charge in [0, 0.05) is 14.2 Å². The second kappa shape index (κ2) is 2.12. The van der Waals surface area contributed by atoms with Crippen LogP contribution >= 0.6 is 0 Å². The molecule has 0 spiro atoms. The molecule has 1 rings (SSSR count). The van der Waals surface area contributed by atoms with Gasteiger partial charge in [0.2, 0.25) is 0 Å². The number of rotatable bonds is 2. The van der Waals surface area contributed by atoms with Crippen molar-refractivity contribution in [3.05, 3.63) is 0 Å². The molecule has 0 radical (unpaired) electrons. The van der Waals surface area contributed by atoms with Gasteiger partial charge in [0.05, 0.1) is 0 Å². The van der Waals surface area contributed by atoms with Crippen LogP contribution in [0.5, 0.6) is 0 Å².